The van der Waals surface area contributed by atoms with Crippen molar-refractivity contribution in [2.75, 3.05) is 32.8 Å². The Balaban J connectivity index is 1.85. The number of aliphatic hydroxyl groups excluding tert-OH is 1. The Hall–Kier alpha value is -1.98. The summed E-state index contributed by atoms with van der Waals surface area (Å²) in [5.74, 6) is 0. The molecule has 0 spiro atoms. The molecule has 0 radical (unpaired) electrons. The van der Waals surface area contributed by atoms with E-state index in [4.69, 9.17) is 9.53 Å². The summed E-state index contributed by atoms with van der Waals surface area (Å²) >= 11 is 0. The molecule has 0 aliphatic rings. The van der Waals surface area contributed by atoms with Crippen LogP contribution in [0.1, 0.15) is 156 Å². The highest BCUT2D eigenvalue weighted by Crippen LogP contribution is 2.36. The van der Waals surface area contributed by atoms with Crippen molar-refractivity contribution >= 4 is 18.7 Å². The van der Waals surface area contributed by atoms with Crippen LogP contribution in [0.5, 0.6) is 0 Å². The second-order valence-electron chi connectivity index (χ2n) is 15.5. The van der Waals surface area contributed by atoms with E-state index in [1.165, 1.54) is 139 Å². The fraction of sp³-hybridized carbons (Fsp3) is 0.652. The van der Waals surface area contributed by atoms with Gasteiger partial charge in [0.1, 0.15) is 0 Å². The molecule has 4 heteroatoms. The first-order valence-electron chi connectivity index (χ1n) is 20.8. The van der Waals surface area contributed by atoms with E-state index in [1.54, 1.807) is 0 Å². The molecule has 2 aromatic carbocycles. The first-order chi connectivity index (χ1) is 24.5. The highest BCUT2D eigenvalue weighted by atomic mass is 28.4. The van der Waals surface area contributed by atoms with Crippen molar-refractivity contribution in [3.8, 4) is 0 Å². The maximum Gasteiger partial charge on any atom is 0.261 e. The van der Waals surface area contributed by atoms with Crippen LogP contribution in [0.25, 0.3) is 0 Å². The predicted octanol–water partition coefficient (Wildman–Crippen LogP) is 11.8. The van der Waals surface area contributed by atoms with Crippen LogP contribution in [0.4, 0.5) is 0 Å². The van der Waals surface area contributed by atoms with E-state index in [2.05, 4.69) is 118 Å². The normalized spacial score (nSPS) is 12.6. The number of allylic oxidation sites excluding steroid dienone is 4. The zero-order chi connectivity index (χ0) is 36.0. The highest BCUT2D eigenvalue weighted by Gasteiger charge is 2.50. The molecule has 2 rings (SSSR count). The summed E-state index contributed by atoms with van der Waals surface area (Å²) in [6.07, 6.45) is 34.9. The first kappa shape index (κ1) is 44.2. The number of nitrogens with zero attached hydrogens (tertiary/aromatic N) is 1. The summed E-state index contributed by atoms with van der Waals surface area (Å²) in [5.41, 5.74) is 0. The number of benzene rings is 2. The topological polar surface area (TPSA) is 32.7 Å². The lowest BCUT2D eigenvalue weighted by Gasteiger charge is -2.43. The summed E-state index contributed by atoms with van der Waals surface area (Å²) in [7, 11) is -2.51. The molecule has 0 saturated carbocycles. The van der Waals surface area contributed by atoms with E-state index in [-0.39, 0.29) is 5.04 Å². The molecule has 3 nitrogen and oxygen atoms in total. The zero-order valence-corrected chi connectivity index (χ0v) is 34.1. The highest BCUT2D eigenvalue weighted by molar-refractivity contribution is 6.99. The molecule has 0 heterocycles. The third-order valence-corrected chi connectivity index (χ3v) is 15.2. The van der Waals surface area contributed by atoms with Gasteiger partial charge in [0, 0.05) is 19.8 Å². The van der Waals surface area contributed by atoms with Crippen LogP contribution < -0.4 is 10.4 Å². The lowest BCUT2D eigenvalue weighted by molar-refractivity contribution is 0.195. The zero-order valence-electron chi connectivity index (χ0n) is 33.1. The van der Waals surface area contributed by atoms with Crippen LogP contribution in [0.15, 0.2) is 85.0 Å². The third kappa shape index (κ3) is 18.5. The number of hydrogen-bond acceptors (Lipinski definition) is 3. The predicted molar refractivity (Wildman–Crippen MR) is 223 cm³/mol. The average Bonchev–Trinajstić information content (AvgIpc) is 3.12. The van der Waals surface area contributed by atoms with Crippen molar-refractivity contribution in [1.29, 1.82) is 0 Å². The van der Waals surface area contributed by atoms with E-state index in [9.17, 15) is 0 Å². The quantitative estimate of drug-likeness (QED) is 0.0482. The minimum absolute atomic E-state index is 0.0123. The van der Waals surface area contributed by atoms with Crippen molar-refractivity contribution in [3.63, 3.8) is 0 Å². The van der Waals surface area contributed by atoms with E-state index < -0.39 is 8.32 Å². The van der Waals surface area contributed by atoms with Gasteiger partial charge in [0.15, 0.2) is 0 Å². The van der Waals surface area contributed by atoms with Crippen LogP contribution in [0.2, 0.25) is 5.04 Å². The molecule has 0 atom stereocenters. The Morgan fingerprint density at radius 1 is 0.560 bits per heavy atom. The fourth-order valence-corrected chi connectivity index (χ4v) is 11.8. The van der Waals surface area contributed by atoms with Gasteiger partial charge in [-0.3, -0.25) is 0 Å². The van der Waals surface area contributed by atoms with Crippen LogP contribution in [-0.4, -0.2) is 51.2 Å². The molecular weight excluding hydrogens is 627 g/mol. The molecular formula is C46H77NO2Si. The number of unbranched alkanes of at least 4 members (excludes halogenated alkanes) is 16. The van der Waals surface area contributed by atoms with Crippen molar-refractivity contribution in [2.24, 2.45) is 0 Å². The van der Waals surface area contributed by atoms with Crippen LogP contribution >= 0.6 is 0 Å². The lowest BCUT2D eigenvalue weighted by atomic mass is 10.1. The van der Waals surface area contributed by atoms with Gasteiger partial charge in [-0.1, -0.05) is 190 Å². The largest absolute Gasteiger partial charge is 0.406 e. The van der Waals surface area contributed by atoms with Gasteiger partial charge in [0.2, 0.25) is 0 Å². The summed E-state index contributed by atoms with van der Waals surface area (Å²) in [6.45, 7) is 13.9. The Kier molecular flexibility index (Phi) is 25.3. The second kappa shape index (κ2) is 28.6. The minimum atomic E-state index is -2.51. The van der Waals surface area contributed by atoms with E-state index in [1.807, 2.05) is 0 Å². The van der Waals surface area contributed by atoms with Crippen LogP contribution in [0, 0.1) is 0 Å². The molecule has 0 unspecified atom stereocenters. The molecule has 282 valence electrons. The summed E-state index contributed by atoms with van der Waals surface area (Å²) in [6, 6.07) is 22.2. The first-order valence-corrected chi connectivity index (χ1v) is 22.7. The molecule has 0 aliphatic carbocycles. The maximum atomic E-state index is 9.03. The summed E-state index contributed by atoms with van der Waals surface area (Å²) in [4.78, 5) is 2.71. The Bertz CT molecular complexity index is 1050. The van der Waals surface area contributed by atoms with Gasteiger partial charge in [0.25, 0.3) is 8.32 Å². The van der Waals surface area contributed by atoms with Crippen molar-refractivity contribution in [3.05, 3.63) is 85.0 Å². The van der Waals surface area contributed by atoms with Gasteiger partial charge in [0.05, 0.1) is 0 Å². The van der Waals surface area contributed by atoms with Crippen molar-refractivity contribution in [1.82, 2.24) is 4.90 Å². The molecule has 0 aliphatic heterocycles. The number of rotatable bonds is 31. The SMILES string of the molecule is CCCCC/C=C\C/C=C\CCCCCCCCN(CCCCCCCCCCO)CCO[Si](c1ccccc1)(c1ccccc1)C(C)(C)C. The Labute approximate surface area is 311 Å². The second-order valence-corrected chi connectivity index (χ2v) is 19.8. The van der Waals surface area contributed by atoms with E-state index in [0.717, 1.165) is 26.0 Å². The molecule has 0 aromatic heterocycles. The molecule has 1 N–H and O–H groups in total. The summed E-state index contributed by atoms with van der Waals surface area (Å²) < 4.78 is 7.29. The van der Waals surface area contributed by atoms with Crippen molar-refractivity contribution < 1.29 is 9.53 Å². The molecule has 2 aromatic rings. The Morgan fingerprint density at radius 2 is 1.00 bits per heavy atom. The third-order valence-electron chi connectivity index (χ3n) is 10.2. The number of aliphatic hydroxyl groups is 1. The summed E-state index contributed by atoms with van der Waals surface area (Å²) in [5, 5.41) is 11.8. The van der Waals surface area contributed by atoms with Gasteiger partial charge in [-0.25, -0.2) is 0 Å². The standard InChI is InChI=1S/C46H77NO2Si/c1-5-6-7-8-9-10-11-12-13-14-15-16-17-20-23-32-39-47(40-33-24-21-18-19-22-25-34-42-48)41-43-49-50(46(2,3)4,44-35-28-26-29-36-44)45-37-30-27-31-38-45/h9-10,12-13,26-31,35-38,48H,5-8,11,14-25,32-34,39-43H2,1-4H3/b10-9-,13-12-. The fourth-order valence-electron chi connectivity index (χ4n) is 7.26. The van der Waals surface area contributed by atoms with Gasteiger partial charge in [-0.15, -0.1) is 0 Å². The molecule has 0 bridgehead atoms. The number of hydrogen-bond donors (Lipinski definition) is 1. The van der Waals surface area contributed by atoms with E-state index in [0.29, 0.717) is 6.61 Å². The smallest absolute Gasteiger partial charge is 0.261 e. The van der Waals surface area contributed by atoms with Crippen molar-refractivity contribution in [2.45, 2.75) is 161 Å². The van der Waals surface area contributed by atoms with Gasteiger partial charge >= 0.3 is 0 Å². The van der Waals surface area contributed by atoms with Gasteiger partial charge < -0.3 is 14.4 Å². The Morgan fingerprint density at radius 3 is 1.46 bits per heavy atom. The molecule has 0 saturated heterocycles. The van der Waals surface area contributed by atoms with E-state index >= 15 is 0 Å². The molecule has 50 heavy (non-hydrogen) atoms. The van der Waals surface area contributed by atoms with Crippen LogP contribution in [0.3, 0.4) is 0 Å². The molecule has 0 fully saturated rings. The average molecular weight is 704 g/mol. The van der Waals surface area contributed by atoms with Gasteiger partial charge in [-0.05, 0) is 79.9 Å². The molecule has 0 amide bonds. The monoisotopic (exact) mass is 704 g/mol. The lowest BCUT2D eigenvalue weighted by Crippen LogP contribution is -2.67. The van der Waals surface area contributed by atoms with Crippen LogP contribution in [-0.2, 0) is 4.43 Å². The van der Waals surface area contributed by atoms with Gasteiger partial charge in [-0.2, -0.15) is 0 Å². The maximum absolute atomic E-state index is 9.03. The minimum Gasteiger partial charge on any atom is -0.406 e.